The van der Waals surface area contributed by atoms with E-state index in [0.29, 0.717) is 16.9 Å². The van der Waals surface area contributed by atoms with Gasteiger partial charge in [0.1, 0.15) is 17.3 Å². The quantitative estimate of drug-likeness (QED) is 0.765. The molecule has 4 heteroatoms. The lowest BCUT2D eigenvalue weighted by Crippen LogP contribution is -2.18. The standard InChI is InChI=1S/C19H16FNO2/c20-12-5-7-13(8-6-12)23-14-9-10-18-16(11-14)19(22)15-3-1-2-4-17(15)21-18/h5-11H,1-4H2,(H,21,22). The molecule has 0 amide bonds. The zero-order valence-corrected chi connectivity index (χ0v) is 12.6. The zero-order valence-electron chi connectivity index (χ0n) is 12.6. The number of rotatable bonds is 2. The number of hydrogen-bond donors (Lipinski definition) is 1. The Kier molecular flexibility index (Phi) is 3.37. The molecule has 23 heavy (non-hydrogen) atoms. The lowest BCUT2D eigenvalue weighted by atomic mass is 9.94. The molecule has 1 aromatic heterocycles. The van der Waals surface area contributed by atoms with Gasteiger partial charge in [-0.05, 0) is 68.1 Å². The molecule has 0 unspecified atom stereocenters. The van der Waals surface area contributed by atoms with E-state index in [4.69, 9.17) is 4.74 Å². The van der Waals surface area contributed by atoms with Gasteiger partial charge in [0.15, 0.2) is 5.43 Å². The molecular weight excluding hydrogens is 293 g/mol. The molecule has 1 N–H and O–H groups in total. The predicted molar refractivity (Wildman–Crippen MR) is 87.7 cm³/mol. The van der Waals surface area contributed by atoms with E-state index in [0.717, 1.165) is 42.5 Å². The highest BCUT2D eigenvalue weighted by atomic mass is 19.1. The summed E-state index contributed by atoms with van der Waals surface area (Å²) in [6.45, 7) is 0. The number of aryl methyl sites for hydroxylation is 1. The second-order valence-electron chi connectivity index (χ2n) is 5.88. The lowest BCUT2D eigenvalue weighted by molar-refractivity contribution is 0.481. The van der Waals surface area contributed by atoms with Crippen LogP contribution in [0.4, 0.5) is 4.39 Å². The van der Waals surface area contributed by atoms with E-state index in [9.17, 15) is 9.18 Å². The number of halogens is 1. The van der Waals surface area contributed by atoms with Crippen molar-refractivity contribution in [3.05, 3.63) is 69.8 Å². The van der Waals surface area contributed by atoms with Crippen LogP contribution < -0.4 is 10.2 Å². The molecule has 2 aromatic carbocycles. The molecule has 3 nitrogen and oxygen atoms in total. The highest BCUT2D eigenvalue weighted by Gasteiger charge is 2.16. The summed E-state index contributed by atoms with van der Waals surface area (Å²) in [6, 6.07) is 11.3. The van der Waals surface area contributed by atoms with Gasteiger partial charge in [0.25, 0.3) is 0 Å². The van der Waals surface area contributed by atoms with Crippen molar-refractivity contribution in [2.24, 2.45) is 0 Å². The van der Waals surface area contributed by atoms with Crippen LogP contribution in [0.25, 0.3) is 10.9 Å². The third kappa shape index (κ3) is 2.61. The van der Waals surface area contributed by atoms with Crippen molar-refractivity contribution in [3.63, 3.8) is 0 Å². The Morgan fingerprint density at radius 1 is 0.957 bits per heavy atom. The minimum Gasteiger partial charge on any atom is -0.457 e. The van der Waals surface area contributed by atoms with Crippen molar-refractivity contribution >= 4 is 10.9 Å². The largest absolute Gasteiger partial charge is 0.457 e. The van der Waals surface area contributed by atoms with Gasteiger partial charge in [0.05, 0.1) is 0 Å². The van der Waals surface area contributed by atoms with Gasteiger partial charge >= 0.3 is 0 Å². The van der Waals surface area contributed by atoms with Crippen LogP contribution in [0.2, 0.25) is 0 Å². The molecule has 0 atom stereocenters. The van der Waals surface area contributed by atoms with Gasteiger partial charge in [-0.1, -0.05) is 0 Å². The summed E-state index contributed by atoms with van der Waals surface area (Å²) in [7, 11) is 0. The first kappa shape index (κ1) is 14.0. The number of H-pyrrole nitrogens is 1. The normalized spacial score (nSPS) is 13.8. The highest BCUT2D eigenvalue weighted by Crippen LogP contribution is 2.26. The molecule has 1 aliphatic carbocycles. The maximum absolute atomic E-state index is 12.9. The number of ether oxygens (including phenoxy) is 1. The van der Waals surface area contributed by atoms with E-state index in [1.165, 1.54) is 12.1 Å². The van der Waals surface area contributed by atoms with Gasteiger partial charge in [-0.25, -0.2) is 4.39 Å². The van der Waals surface area contributed by atoms with Crippen molar-refractivity contribution in [3.8, 4) is 11.5 Å². The van der Waals surface area contributed by atoms with Crippen molar-refractivity contribution in [1.29, 1.82) is 0 Å². The van der Waals surface area contributed by atoms with E-state index < -0.39 is 0 Å². The Hall–Kier alpha value is -2.62. The van der Waals surface area contributed by atoms with Crippen molar-refractivity contribution < 1.29 is 9.13 Å². The minimum absolute atomic E-state index is 0.0954. The topological polar surface area (TPSA) is 42.1 Å². The van der Waals surface area contributed by atoms with E-state index in [1.54, 1.807) is 18.2 Å². The van der Waals surface area contributed by atoms with Gasteiger partial charge in [0.2, 0.25) is 0 Å². The van der Waals surface area contributed by atoms with Gasteiger partial charge in [0, 0.05) is 22.2 Å². The molecule has 4 rings (SSSR count). The first-order valence-electron chi connectivity index (χ1n) is 7.82. The Morgan fingerprint density at radius 3 is 2.52 bits per heavy atom. The summed E-state index contributed by atoms with van der Waals surface area (Å²) in [6.07, 6.45) is 3.96. The Morgan fingerprint density at radius 2 is 1.70 bits per heavy atom. The van der Waals surface area contributed by atoms with Crippen LogP contribution in [0.15, 0.2) is 47.3 Å². The monoisotopic (exact) mass is 309 g/mol. The number of aromatic amines is 1. The van der Waals surface area contributed by atoms with Crippen LogP contribution in [0, 0.1) is 5.82 Å². The fourth-order valence-electron chi connectivity index (χ4n) is 3.14. The van der Waals surface area contributed by atoms with Crippen LogP contribution >= 0.6 is 0 Å². The summed E-state index contributed by atoms with van der Waals surface area (Å²) < 4.78 is 18.7. The molecule has 0 bridgehead atoms. The Bertz CT molecular complexity index is 928. The molecule has 116 valence electrons. The van der Waals surface area contributed by atoms with Crippen molar-refractivity contribution in [1.82, 2.24) is 4.98 Å². The molecule has 0 fully saturated rings. The van der Waals surface area contributed by atoms with Crippen molar-refractivity contribution in [2.45, 2.75) is 25.7 Å². The SMILES string of the molecule is O=c1c2c([nH]c3ccc(Oc4ccc(F)cc4)cc13)CCCC2. The van der Waals surface area contributed by atoms with E-state index in [1.807, 2.05) is 12.1 Å². The number of hydrogen-bond acceptors (Lipinski definition) is 2. The van der Waals surface area contributed by atoms with E-state index >= 15 is 0 Å². The number of fused-ring (bicyclic) bond motifs is 2. The Labute approximate surface area is 132 Å². The first-order chi connectivity index (χ1) is 11.2. The predicted octanol–water partition coefficient (Wildman–Crippen LogP) is 4.34. The fraction of sp³-hybridized carbons (Fsp3) is 0.211. The lowest BCUT2D eigenvalue weighted by Gasteiger charge is -2.16. The van der Waals surface area contributed by atoms with Crippen LogP contribution in [-0.2, 0) is 12.8 Å². The van der Waals surface area contributed by atoms with Gasteiger partial charge in [-0.15, -0.1) is 0 Å². The molecule has 1 heterocycles. The van der Waals surface area contributed by atoms with Gasteiger partial charge in [-0.3, -0.25) is 4.79 Å². The summed E-state index contributed by atoms with van der Waals surface area (Å²) >= 11 is 0. The molecule has 0 radical (unpaired) electrons. The fourth-order valence-corrected chi connectivity index (χ4v) is 3.14. The number of pyridine rings is 1. The van der Waals surface area contributed by atoms with Crippen LogP contribution in [0.3, 0.4) is 0 Å². The van der Waals surface area contributed by atoms with Crippen LogP contribution in [-0.4, -0.2) is 4.98 Å². The number of benzene rings is 2. The minimum atomic E-state index is -0.307. The molecular formula is C19H16FNO2. The molecule has 0 spiro atoms. The van der Waals surface area contributed by atoms with E-state index in [-0.39, 0.29) is 11.2 Å². The molecule has 1 aliphatic rings. The van der Waals surface area contributed by atoms with Gasteiger partial charge in [-0.2, -0.15) is 0 Å². The zero-order chi connectivity index (χ0) is 15.8. The average Bonchev–Trinajstić information content (AvgIpc) is 2.58. The summed E-state index contributed by atoms with van der Waals surface area (Å²) in [5.74, 6) is 0.810. The van der Waals surface area contributed by atoms with Crippen LogP contribution in [0.5, 0.6) is 11.5 Å². The molecule has 0 aliphatic heterocycles. The summed E-state index contributed by atoms with van der Waals surface area (Å²) in [5.41, 5.74) is 2.91. The number of nitrogens with one attached hydrogen (secondary N) is 1. The maximum Gasteiger partial charge on any atom is 0.192 e. The maximum atomic E-state index is 12.9. The second-order valence-corrected chi connectivity index (χ2v) is 5.88. The average molecular weight is 309 g/mol. The Balaban J connectivity index is 1.76. The molecule has 3 aromatic rings. The third-order valence-electron chi connectivity index (χ3n) is 4.31. The summed E-state index contributed by atoms with van der Waals surface area (Å²) in [5, 5.41) is 0.644. The molecule has 0 saturated heterocycles. The summed E-state index contributed by atoms with van der Waals surface area (Å²) in [4.78, 5) is 16.1. The van der Waals surface area contributed by atoms with Gasteiger partial charge < -0.3 is 9.72 Å². The third-order valence-corrected chi connectivity index (χ3v) is 4.31. The highest BCUT2D eigenvalue weighted by molar-refractivity contribution is 5.81. The smallest absolute Gasteiger partial charge is 0.192 e. The molecule has 0 saturated carbocycles. The van der Waals surface area contributed by atoms with Crippen LogP contribution in [0.1, 0.15) is 24.1 Å². The van der Waals surface area contributed by atoms with E-state index in [2.05, 4.69) is 4.98 Å². The first-order valence-corrected chi connectivity index (χ1v) is 7.82. The van der Waals surface area contributed by atoms with Crippen molar-refractivity contribution in [2.75, 3.05) is 0 Å². The second kappa shape index (κ2) is 5.54. The number of aromatic nitrogens is 1.